The van der Waals surface area contributed by atoms with E-state index in [2.05, 4.69) is 20.6 Å². The Kier molecular flexibility index (Phi) is 5.91. The van der Waals surface area contributed by atoms with Crippen molar-refractivity contribution in [2.75, 3.05) is 0 Å². The van der Waals surface area contributed by atoms with E-state index in [1.807, 2.05) is 48.5 Å². The van der Waals surface area contributed by atoms with E-state index < -0.39 is 11.5 Å². The van der Waals surface area contributed by atoms with Gasteiger partial charge in [0.25, 0.3) is 5.91 Å². The Balaban J connectivity index is 1.36. The Hall–Kier alpha value is -3.88. The Labute approximate surface area is 196 Å². The number of aliphatic carboxylic acids is 1. The van der Waals surface area contributed by atoms with E-state index in [4.69, 9.17) is 10.1 Å². The van der Waals surface area contributed by atoms with Gasteiger partial charge in [0.1, 0.15) is 11.4 Å². The van der Waals surface area contributed by atoms with Crippen molar-refractivity contribution in [2.24, 2.45) is 4.99 Å². The topological polar surface area (TPSA) is 124 Å². The molecule has 0 atom stereocenters. The van der Waals surface area contributed by atoms with Gasteiger partial charge in [-0.3, -0.25) is 19.5 Å². The molecule has 2 aromatic carbocycles. The number of amidine groups is 1. The third kappa shape index (κ3) is 4.21. The smallest absolute Gasteiger partial charge is 0.303 e. The number of nitrogens with zero attached hydrogens (tertiary/aromatic N) is 5. The van der Waals surface area contributed by atoms with E-state index >= 15 is 0 Å². The lowest BCUT2D eigenvalue weighted by atomic mass is 9.97. The predicted octanol–water partition coefficient (Wildman–Crippen LogP) is 3.84. The second-order valence-electron chi connectivity index (χ2n) is 8.88. The van der Waals surface area contributed by atoms with E-state index in [1.165, 1.54) is 0 Å². The number of aliphatic imine (C=N–C) groups is 1. The molecule has 1 aromatic heterocycles. The first-order valence-electron chi connectivity index (χ1n) is 11.6. The Morgan fingerprint density at radius 3 is 2.47 bits per heavy atom. The molecular formula is C25H26N6O3. The van der Waals surface area contributed by atoms with Crippen LogP contribution in [0.2, 0.25) is 0 Å². The first-order valence-corrected chi connectivity index (χ1v) is 11.6. The summed E-state index contributed by atoms with van der Waals surface area (Å²) in [4.78, 5) is 31.0. The lowest BCUT2D eigenvalue weighted by molar-refractivity contribution is -0.137. The summed E-state index contributed by atoms with van der Waals surface area (Å²) >= 11 is 0. The van der Waals surface area contributed by atoms with Crippen molar-refractivity contribution in [2.45, 2.75) is 57.0 Å². The average Bonchev–Trinajstić information content (AvgIpc) is 3.59. The molecule has 174 valence electrons. The van der Waals surface area contributed by atoms with Crippen LogP contribution >= 0.6 is 0 Å². The van der Waals surface area contributed by atoms with Crippen molar-refractivity contribution >= 4 is 17.7 Å². The molecular weight excluding hydrogens is 432 g/mol. The van der Waals surface area contributed by atoms with Crippen LogP contribution in [-0.2, 0) is 16.1 Å². The standard InChI is InChI=1S/C25H26N6O3/c32-22(33)9-5-8-21-26-25(14-3-4-15-25)24(34)31(21)16-17-10-12-18(13-11-17)19-6-1-2-7-20(19)23-27-29-30-28-23/h1-2,6-7,10-13H,3-5,8-9,14-16H2,(H,32,33)(H,27,28,29,30). The van der Waals surface area contributed by atoms with Gasteiger partial charge < -0.3 is 5.11 Å². The van der Waals surface area contributed by atoms with Gasteiger partial charge >= 0.3 is 5.97 Å². The van der Waals surface area contributed by atoms with Crippen LogP contribution in [0, 0.1) is 0 Å². The maximum Gasteiger partial charge on any atom is 0.303 e. The largest absolute Gasteiger partial charge is 0.481 e. The number of rotatable bonds is 8. The fraction of sp³-hybridized carbons (Fsp3) is 0.360. The van der Waals surface area contributed by atoms with Crippen molar-refractivity contribution in [3.8, 4) is 22.5 Å². The number of amides is 1. The van der Waals surface area contributed by atoms with Crippen LogP contribution in [-0.4, -0.2) is 53.9 Å². The summed E-state index contributed by atoms with van der Waals surface area (Å²) in [5.74, 6) is 0.483. The molecule has 1 spiro atoms. The van der Waals surface area contributed by atoms with Crippen molar-refractivity contribution in [1.82, 2.24) is 25.5 Å². The van der Waals surface area contributed by atoms with Crippen molar-refractivity contribution in [1.29, 1.82) is 0 Å². The summed E-state index contributed by atoms with van der Waals surface area (Å²) in [7, 11) is 0. The van der Waals surface area contributed by atoms with Crippen LogP contribution in [0.15, 0.2) is 53.5 Å². The second kappa shape index (κ2) is 9.17. The Bertz CT molecular complexity index is 1210. The first-order chi connectivity index (χ1) is 16.6. The van der Waals surface area contributed by atoms with Gasteiger partial charge in [-0.05, 0) is 41.2 Å². The second-order valence-corrected chi connectivity index (χ2v) is 8.88. The van der Waals surface area contributed by atoms with Crippen molar-refractivity contribution in [3.05, 3.63) is 54.1 Å². The van der Waals surface area contributed by atoms with Crippen LogP contribution in [0.4, 0.5) is 0 Å². The molecule has 2 N–H and O–H groups in total. The third-order valence-electron chi connectivity index (χ3n) is 6.64. The van der Waals surface area contributed by atoms with Gasteiger partial charge in [-0.1, -0.05) is 61.4 Å². The zero-order chi connectivity index (χ0) is 23.5. The third-order valence-corrected chi connectivity index (χ3v) is 6.64. The molecule has 1 fully saturated rings. The Morgan fingerprint density at radius 1 is 1.06 bits per heavy atom. The molecule has 1 amide bonds. The molecule has 5 rings (SSSR count). The van der Waals surface area contributed by atoms with Crippen LogP contribution in [0.25, 0.3) is 22.5 Å². The fourth-order valence-electron chi connectivity index (χ4n) is 4.94. The highest BCUT2D eigenvalue weighted by molar-refractivity contribution is 6.08. The van der Waals surface area contributed by atoms with E-state index in [9.17, 15) is 9.59 Å². The van der Waals surface area contributed by atoms with Crippen LogP contribution in [0.5, 0.6) is 0 Å². The number of carboxylic acid groups (broad SMARTS) is 1. The van der Waals surface area contributed by atoms with E-state index in [0.717, 1.165) is 53.8 Å². The van der Waals surface area contributed by atoms with Gasteiger partial charge in [0.2, 0.25) is 5.82 Å². The quantitative estimate of drug-likeness (QED) is 0.528. The number of tetrazole rings is 1. The number of hydrogen-bond acceptors (Lipinski definition) is 6. The average molecular weight is 459 g/mol. The molecule has 0 bridgehead atoms. The number of aromatic amines is 1. The number of H-pyrrole nitrogens is 1. The van der Waals surface area contributed by atoms with E-state index in [-0.39, 0.29) is 12.3 Å². The van der Waals surface area contributed by atoms with Crippen LogP contribution in [0.1, 0.15) is 50.5 Å². The monoisotopic (exact) mass is 458 g/mol. The lowest BCUT2D eigenvalue weighted by Gasteiger charge is -2.23. The molecule has 1 aliphatic carbocycles. The summed E-state index contributed by atoms with van der Waals surface area (Å²) in [6, 6.07) is 16.0. The summed E-state index contributed by atoms with van der Waals surface area (Å²) < 4.78 is 0. The number of carbonyl (C=O) groups excluding carboxylic acids is 1. The minimum absolute atomic E-state index is 0.0573. The Morgan fingerprint density at radius 2 is 1.79 bits per heavy atom. The molecule has 0 saturated heterocycles. The summed E-state index contributed by atoms with van der Waals surface area (Å²) in [5, 5.41) is 23.4. The van der Waals surface area contributed by atoms with Gasteiger partial charge in [-0.15, -0.1) is 10.2 Å². The molecule has 3 aromatic rings. The van der Waals surface area contributed by atoms with Crippen molar-refractivity contribution in [3.63, 3.8) is 0 Å². The zero-order valence-corrected chi connectivity index (χ0v) is 18.8. The van der Waals surface area contributed by atoms with Gasteiger partial charge in [-0.25, -0.2) is 0 Å². The highest BCUT2D eigenvalue weighted by Crippen LogP contribution is 2.40. The van der Waals surface area contributed by atoms with Crippen LogP contribution < -0.4 is 0 Å². The normalized spacial score (nSPS) is 16.9. The number of carbonyl (C=O) groups is 2. The molecule has 0 radical (unpaired) electrons. The lowest BCUT2D eigenvalue weighted by Crippen LogP contribution is -2.40. The molecule has 0 unspecified atom stereocenters. The maximum atomic E-state index is 13.4. The first kappa shape index (κ1) is 21.9. The molecule has 9 nitrogen and oxygen atoms in total. The van der Waals surface area contributed by atoms with E-state index in [0.29, 0.717) is 25.2 Å². The molecule has 1 aliphatic heterocycles. The molecule has 34 heavy (non-hydrogen) atoms. The SMILES string of the molecule is O=C(O)CCCC1=NC2(CCCC2)C(=O)N1Cc1ccc(-c2ccccc2-c2nn[nH]n2)cc1. The van der Waals surface area contributed by atoms with Crippen molar-refractivity contribution < 1.29 is 14.7 Å². The fourth-order valence-corrected chi connectivity index (χ4v) is 4.94. The highest BCUT2D eigenvalue weighted by atomic mass is 16.4. The number of benzene rings is 2. The minimum atomic E-state index is -0.830. The highest BCUT2D eigenvalue weighted by Gasteiger charge is 2.49. The summed E-state index contributed by atoms with van der Waals surface area (Å²) in [6.45, 7) is 0.430. The summed E-state index contributed by atoms with van der Waals surface area (Å²) in [6.07, 6.45) is 4.59. The molecule has 9 heteroatoms. The van der Waals surface area contributed by atoms with Gasteiger partial charge in [0.15, 0.2) is 0 Å². The number of hydrogen-bond donors (Lipinski definition) is 2. The number of carboxylic acids is 1. The molecule has 1 saturated carbocycles. The molecule has 2 heterocycles. The number of aromatic nitrogens is 4. The maximum absolute atomic E-state index is 13.4. The minimum Gasteiger partial charge on any atom is -0.481 e. The zero-order valence-electron chi connectivity index (χ0n) is 18.8. The molecule has 2 aliphatic rings. The van der Waals surface area contributed by atoms with Crippen LogP contribution in [0.3, 0.4) is 0 Å². The summed E-state index contributed by atoms with van der Waals surface area (Å²) in [5.41, 5.74) is 3.25. The van der Waals surface area contributed by atoms with E-state index in [1.54, 1.807) is 4.90 Å². The predicted molar refractivity (Wildman–Crippen MR) is 126 cm³/mol. The van der Waals surface area contributed by atoms with Gasteiger partial charge in [0, 0.05) is 18.4 Å². The van der Waals surface area contributed by atoms with Gasteiger partial charge in [0.05, 0.1) is 6.54 Å². The number of nitrogens with one attached hydrogen (secondary N) is 1. The van der Waals surface area contributed by atoms with Gasteiger partial charge in [-0.2, -0.15) is 5.21 Å².